The third-order valence-corrected chi connectivity index (χ3v) is 11.9. The standard InChI is InChI=1S/C58H46N4O8/c1-65-47-31-23-43(24-32-47)59(44-25-33-48(66-2)34-26-44)41-19-15-39(16-20-41)55-53-54(58(64)61(55)69-51-11-7-5-8-12-51)56(62(57(53)63)70-52-13-9-6-10-14-52)40-17-21-42(22-18-40)60(45-27-35-49(67-3)36-28-45)46-29-37-50(68-4)38-30-46/h5-38H,1-4H3. The fraction of sp³-hybridized carbons (Fsp3) is 0.0690. The molecule has 0 fully saturated rings. The van der Waals surface area contributed by atoms with Crippen molar-refractivity contribution in [2.75, 3.05) is 38.2 Å². The van der Waals surface area contributed by atoms with Gasteiger partial charge in [-0.3, -0.25) is 9.59 Å². The van der Waals surface area contributed by atoms with Gasteiger partial charge >= 0.3 is 0 Å². The maximum absolute atomic E-state index is 15.2. The van der Waals surface area contributed by atoms with E-state index in [1.165, 1.54) is 10.1 Å². The van der Waals surface area contributed by atoms with Gasteiger partial charge in [-0.1, -0.05) is 60.7 Å². The number of hydrogen-bond donors (Lipinski definition) is 0. The number of amides is 2. The summed E-state index contributed by atoms with van der Waals surface area (Å²) in [5.74, 6) is 2.63. The Hall–Kier alpha value is -9.42. The lowest BCUT2D eigenvalue weighted by molar-refractivity contribution is -0.140. The van der Waals surface area contributed by atoms with Crippen LogP contribution in [-0.4, -0.2) is 50.4 Å². The van der Waals surface area contributed by atoms with Crippen LogP contribution < -0.4 is 38.4 Å². The van der Waals surface area contributed by atoms with Crippen molar-refractivity contribution >= 4 is 57.3 Å². The van der Waals surface area contributed by atoms with Gasteiger partial charge in [0.2, 0.25) is 0 Å². The van der Waals surface area contributed by atoms with Crippen LogP contribution in [-0.2, 0) is 9.59 Å². The van der Waals surface area contributed by atoms with E-state index in [-0.39, 0.29) is 22.5 Å². The summed E-state index contributed by atoms with van der Waals surface area (Å²) in [4.78, 5) is 47.5. The summed E-state index contributed by atoms with van der Waals surface area (Å²) < 4.78 is 21.9. The first kappa shape index (κ1) is 44.4. The van der Waals surface area contributed by atoms with Crippen LogP contribution in [0.15, 0.2) is 217 Å². The van der Waals surface area contributed by atoms with Crippen molar-refractivity contribution in [3.8, 4) is 34.5 Å². The van der Waals surface area contributed by atoms with Gasteiger partial charge in [-0.25, -0.2) is 0 Å². The van der Waals surface area contributed by atoms with E-state index >= 15 is 9.59 Å². The predicted molar refractivity (Wildman–Crippen MR) is 270 cm³/mol. The number of ether oxygens (including phenoxy) is 4. The number of carbonyl (C=O) groups is 2. The van der Waals surface area contributed by atoms with Gasteiger partial charge in [0.1, 0.15) is 34.4 Å². The lowest BCUT2D eigenvalue weighted by Gasteiger charge is -2.27. The van der Waals surface area contributed by atoms with Gasteiger partial charge in [-0.2, -0.15) is 0 Å². The fourth-order valence-electron chi connectivity index (χ4n) is 8.49. The first-order valence-corrected chi connectivity index (χ1v) is 22.4. The highest BCUT2D eigenvalue weighted by molar-refractivity contribution is 6.29. The zero-order valence-electron chi connectivity index (χ0n) is 38.7. The molecule has 0 atom stereocenters. The molecule has 2 amide bonds. The van der Waals surface area contributed by atoms with E-state index in [1.54, 1.807) is 52.7 Å². The highest BCUT2D eigenvalue weighted by atomic mass is 16.7. The number of anilines is 6. The second-order valence-corrected chi connectivity index (χ2v) is 16.0. The Bertz CT molecular complexity index is 2880. The molecule has 10 rings (SSSR count). The molecule has 0 spiro atoms. The minimum Gasteiger partial charge on any atom is -0.497 e. The molecule has 8 aromatic carbocycles. The van der Waals surface area contributed by atoms with E-state index in [0.29, 0.717) is 22.6 Å². The zero-order chi connectivity index (χ0) is 48.1. The van der Waals surface area contributed by atoms with E-state index in [4.69, 9.17) is 28.6 Å². The molecule has 8 aromatic rings. The summed E-state index contributed by atoms with van der Waals surface area (Å²) in [7, 11) is 6.53. The molecule has 0 radical (unpaired) electrons. The number of hydroxylamine groups is 4. The minimum atomic E-state index is -0.541. The third-order valence-electron chi connectivity index (χ3n) is 11.9. The quantitative estimate of drug-likeness (QED) is 0.0931. The van der Waals surface area contributed by atoms with Crippen LogP contribution in [0.3, 0.4) is 0 Å². The van der Waals surface area contributed by atoms with Crippen molar-refractivity contribution < 1.29 is 38.2 Å². The molecule has 0 saturated heterocycles. The van der Waals surface area contributed by atoms with Crippen LogP contribution in [0, 0.1) is 0 Å². The lowest BCUT2D eigenvalue weighted by Crippen LogP contribution is -2.33. The molecular formula is C58H46N4O8. The zero-order valence-corrected chi connectivity index (χ0v) is 38.7. The monoisotopic (exact) mass is 926 g/mol. The molecule has 346 valence electrons. The average molecular weight is 927 g/mol. The molecule has 0 aromatic heterocycles. The second-order valence-electron chi connectivity index (χ2n) is 16.0. The number of carbonyl (C=O) groups excluding carboxylic acids is 2. The van der Waals surface area contributed by atoms with Gasteiger partial charge in [0.15, 0.2) is 11.5 Å². The first-order chi connectivity index (χ1) is 34.3. The molecule has 0 saturated carbocycles. The summed E-state index contributed by atoms with van der Waals surface area (Å²) in [5, 5.41) is 2.42. The number of benzene rings is 8. The van der Waals surface area contributed by atoms with Crippen LogP contribution in [0.2, 0.25) is 0 Å². The molecule has 0 bridgehead atoms. The highest BCUT2D eigenvalue weighted by Gasteiger charge is 2.52. The maximum Gasteiger partial charge on any atom is 0.294 e. The number of nitrogens with zero attached hydrogens (tertiary/aromatic N) is 4. The Morgan fingerprint density at radius 2 is 0.543 bits per heavy atom. The molecule has 12 nitrogen and oxygen atoms in total. The Labute approximate surface area is 405 Å². The van der Waals surface area contributed by atoms with Crippen LogP contribution >= 0.6 is 0 Å². The normalized spacial score (nSPS) is 13.0. The molecule has 0 N–H and O–H groups in total. The van der Waals surface area contributed by atoms with Crippen molar-refractivity contribution in [3.63, 3.8) is 0 Å². The summed E-state index contributed by atoms with van der Waals surface area (Å²) in [6, 6.07) is 64.4. The maximum atomic E-state index is 15.2. The number of hydrogen-bond acceptors (Lipinski definition) is 10. The molecule has 2 heterocycles. The van der Waals surface area contributed by atoms with E-state index in [9.17, 15) is 0 Å². The van der Waals surface area contributed by atoms with Gasteiger partial charge in [-0.15, -0.1) is 10.1 Å². The number of fused-ring (bicyclic) bond motifs is 1. The molecule has 0 unspecified atom stereocenters. The van der Waals surface area contributed by atoms with Gasteiger partial charge in [0.25, 0.3) is 11.8 Å². The Morgan fingerprint density at radius 1 is 0.300 bits per heavy atom. The van der Waals surface area contributed by atoms with Crippen molar-refractivity contribution in [1.29, 1.82) is 0 Å². The largest absolute Gasteiger partial charge is 0.497 e. The molecule has 2 aliphatic heterocycles. The van der Waals surface area contributed by atoms with Gasteiger partial charge < -0.3 is 38.4 Å². The molecule has 70 heavy (non-hydrogen) atoms. The topological polar surface area (TPSA) is 102 Å². The summed E-state index contributed by atoms with van der Waals surface area (Å²) in [6.45, 7) is 0. The highest BCUT2D eigenvalue weighted by Crippen LogP contribution is 2.48. The van der Waals surface area contributed by atoms with Gasteiger partial charge in [0.05, 0.1) is 39.6 Å². The average Bonchev–Trinajstić information content (AvgIpc) is 3.86. The van der Waals surface area contributed by atoms with Crippen molar-refractivity contribution in [3.05, 3.63) is 229 Å². The fourth-order valence-corrected chi connectivity index (χ4v) is 8.49. The molecule has 2 aliphatic rings. The molecule has 0 aliphatic carbocycles. The van der Waals surface area contributed by atoms with E-state index in [1.807, 2.05) is 182 Å². The van der Waals surface area contributed by atoms with Crippen molar-refractivity contribution in [2.24, 2.45) is 0 Å². The van der Waals surface area contributed by atoms with Crippen LogP contribution in [0.1, 0.15) is 11.1 Å². The Balaban J connectivity index is 1.11. The van der Waals surface area contributed by atoms with Crippen LogP contribution in [0.25, 0.3) is 11.4 Å². The SMILES string of the molecule is COc1ccc(N(c2ccc(OC)cc2)c2ccc(C3=C4C(=O)N(Oc5ccccc5)C(c5ccc(N(c6ccc(OC)cc6)c6ccc(OC)cc6)cc5)=C4C(=O)N3Oc3ccccc3)cc2)cc1. The summed E-state index contributed by atoms with van der Waals surface area (Å²) in [5.41, 5.74) is 7.03. The second kappa shape index (κ2) is 19.4. The lowest BCUT2D eigenvalue weighted by atomic mass is 10.0. The van der Waals surface area contributed by atoms with Gasteiger partial charge in [-0.05, 0) is 146 Å². The Kier molecular flexibility index (Phi) is 12.3. The minimum absolute atomic E-state index is 0.129. The van der Waals surface area contributed by atoms with E-state index in [2.05, 4.69) is 9.80 Å². The van der Waals surface area contributed by atoms with Crippen molar-refractivity contribution in [1.82, 2.24) is 10.1 Å². The van der Waals surface area contributed by atoms with Crippen LogP contribution in [0.4, 0.5) is 34.1 Å². The first-order valence-electron chi connectivity index (χ1n) is 22.4. The summed E-state index contributed by atoms with van der Waals surface area (Å²) >= 11 is 0. The Morgan fingerprint density at radius 3 is 0.786 bits per heavy atom. The number of rotatable bonds is 16. The van der Waals surface area contributed by atoms with Crippen LogP contribution in [0.5, 0.6) is 34.5 Å². The molecule has 12 heteroatoms. The van der Waals surface area contributed by atoms with Crippen molar-refractivity contribution in [2.45, 2.75) is 0 Å². The molecular weight excluding hydrogens is 881 g/mol. The number of para-hydroxylation sites is 2. The van der Waals surface area contributed by atoms with E-state index in [0.717, 1.165) is 57.1 Å². The smallest absolute Gasteiger partial charge is 0.294 e. The predicted octanol–water partition coefficient (Wildman–Crippen LogP) is 12.5. The third kappa shape index (κ3) is 8.57. The van der Waals surface area contributed by atoms with E-state index < -0.39 is 11.8 Å². The number of methoxy groups -OCH3 is 4. The van der Waals surface area contributed by atoms with Gasteiger partial charge in [0, 0.05) is 45.3 Å². The summed E-state index contributed by atoms with van der Waals surface area (Å²) in [6.07, 6.45) is 0.